The Morgan fingerprint density at radius 1 is 1.56 bits per heavy atom. The normalized spacial score (nSPS) is 16.5. The second-order valence-corrected chi connectivity index (χ2v) is 4.47. The van der Waals surface area contributed by atoms with E-state index in [2.05, 4.69) is 22.9 Å². The highest BCUT2D eigenvalue weighted by atomic mass is 79.9. The molecule has 4 nitrogen and oxygen atoms in total. The fourth-order valence-corrected chi connectivity index (χ4v) is 1.86. The van der Waals surface area contributed by atoms with Crippen molar-refractivity contribution in [2.45, 2.75) is 32.6 Å². The molecule has 1 aliphatic heterocycles. The van der Waals surface area contributed by atoms with Gasteiger partial charge < -0.3 is 4.74 Å². The summed E-state index contributed by atoms with van der Waals surface area (Å²) in [5.74, 6) is -0.306. The van der Waals surface area contributed by atoms with Crippen LogP contribution in [0, 0.1) is 0 Å². The number of halogens is 1. The lowest BCUT2D eigenvalue weighted by Crippen LogP contribution is -2.31. The van der Waals surface area contributed by atoms with Crippen LogP contribution in [0.25, 0.3) is 0 Å². The van der Waals surface area contributed by atoms with Crippen LogP contribution in [0.1, 0.15) is 32.6 Å². The van der Waals surface area contributed by atoms with Crippen molar-refractivity contribution < 1.29 is 14.3 Å². The van der Waals surface area contributed by atoms with Crippen molar-refractivity contribution >= 4 is 27.9 Å². The Bertz CT molecular complexity index is 302. The summed E-state index contributed by atoms with van der Waals surface area (Å²) in [6.45, 7) is 2.76. The molecule has 0 N–H and O–H groups in total. The first-order chi connectivity index (χ1) is 7.66. The first-order valence-corrected chi connectivity index (χ1v) is 6.30. The van der Waals surface area contributed by atoms with Gasteiger partial charge in [-0.1, -0.05) is 25.8 Å². The highest BCUT2D eigenvalue weighted by molar-refractivity contribution is 9.12. The van der Waals surface area contributed by atoms with Gasteiger partial charge in [-0.05, 0) is 28.8 Å². The summed E-state index contributed by atoms with van der Waals surface area (Å²) in [6.07, 6.45) is 5.48. The topological polar surface area (TPSA) is 46.6 Å². The smallest absolute Gasteiger partial charge is 0.416 e. The molecule has 0 unspecified atom stereocenters. The van der Waals surface area contributed by atoms with Gasteiger partial charge in [-0.3, -0.25) is 4.79 Å². The van der Waals surface area contributed by atoms with Crippen LogP contribution < -0.4 is 0 Å². The first-order valence-electron chi connectivity index (χ1n) is 5.51. The lowest BCUT2D eigenvalue weighted by atomic mass is 10.2. The Balaban J connectivity index is 2.43. The number of cyclic esters (lactones) is 1. The van der Waals surface area contributed by atoms with Crippen LogP contribution in [-0.2, 0) is 9.53 Å². The summed E-state index contributed by atoms with van der Waals surface area (Å²) in [7, 11) is 0. The SMILES string of the molecule is CCCCC/C=C(\Br)C(=O)N1CCOC1=O. The number of ether oxygens (including phenoxy) is 1. The number of unbranched alkanes of at least 4 members (excludes halogenated alkanes) is 3. The zero-order chi connectivity index (χ0) is 12.0. The molecule has 90 valence electrons. The van der Waals surface area contributed by atoms with Gasteiger partial charge in [0.2, 0.25) is 0 Å². The van der Waals surface area contributed by atoms with Gasteiger partial charge >= 0.3 is 6.09 Å². The van der Waals surface area contributed by atoms with E-state index in [1.165, 1.54) is 0 Å². The second-order valence-electron chi connectivity index (χ2n) is 3.62. The molecule has 0 atom stereocenters. The quantitative estimate of drug-likeness (QED) is 0.578. The van der Waals surface area contributed by atoms with E-state index in [1.807, 2.05) is 6.08 Å². The van der Waals surface area contributed by atoms with E-state index in [-0.39, 0.29) is 5.91 Å². The minimum atomic E-state index is -0.552. The van der Waals surface area contributed by atoms with Crippen molar-refractivity contribution in [3.05, 3.63) is 10.6 Å². The number of rotatable bonds is 5. The van der Waals surface area contributed by atoms with Crippen molar-refractivity contribution in [2.24, 2.45) is 0 Å². The highest BCUT2D eigenvalue weighted by Crippen LogP contribution is 2.15. The molecule has 1 fully saturated rings. The second kappa shape index (κ2) is 6.68. The van der Waals surface area contributed by atoms with Crippen LogP contribution in [0.15, 0.2) is 10.6 Å². The first kappa shape index (κ1) is 13.2. The molecule has 1 heterocycles. The molecule has 0 bridgehead atoms. The summed E-state index contributed by atoms with van der Waals surface area (Å²) in [6, 6.07) is 0. The summed E-state index contributed by atoms with van der Waals surface area (Å²) < 4.78 is 5.14. The molecular formula is C11H16BrNO3. The Morgan fingerprint density at radius 3 is 2.88 bits per heavy atom. The molecule has 2 amide bonds. The van der Waals surface area contributed by atoms with Gasteiger partial charge in [0, 0.05) is 0 Å². The van der Waals surface area contributed by atoms with Gasteiger partial charge in [0.25, 0.3) is 5.91 Å². The van der Waals surface area contributed by atoms with Gasteiger partial charge in [-0.15, -0.1) is 0 Å². The average Bonchev–Trinajstić information content (AvgIpc) is 2.69. The number of imide groups is 1. The van der Waals surface area contributed by atoms with Crippen molar-refractivity contribution in [2.75, 3.05) is 13.2 Å². The maximum atomic E-state index is 11.7. The van der Waals surface area contributed by atoms with Crippen LogP contribution in [-0.4, -0.2) is 30.1 Å². The summed E-state index contributed by atoms with van der Waals surface area (Å²) >= 11 is 3.20. The molecule has 5 heteroatoms. The molecule has 0 aromatic carbocycles. The molecular weight excluding hydrogens is 274 g/mol. The Kier molecular flexibility index (Phi) is 5.52. The number of nitrogens with zero attached hydrogens (tertiary/aromatic N) is 1. The van der Waals surface area contributed by atoms with Crippen LogP contribution in [0.5, 0.6) is 0 Å². The molecule has 0 radical (unpaired) electrons. The molecule has 0 aromatic rings. The monoisotopic (exact) mass is 289 g/mol. The van der Waals surface area contributed by atoms with Crippen LogP contribution in [0.3, 0.4) is 0 Å². The molecule has 1 saturated heterocycles. The van der Waals surface area contributed by atoms with E-state index in [1.54, 1.807) is 0 Å². The van der Waals surface area contributed by atoms with E-state index in [4.69, 9.17) is 4.74 Å². The minimum Gasteiger partial charge on any atom is -0.447 e. The van der Waals surface area contributed by atoms with Gasteiger partial charge in [0.05, 0.1) is 11.0 Å². The van der Waals surface area contributed by atoms with Crippen molar-refractivity contribution in [1.82, 2.24) is 4.90 Å². The third-order valence-corrected chi connectivity index (χ3v) is 3.00. The van der Waals surface area contributed by atoms with Crippen molar-refractivity contribution in [3.63, 3.8) is 0 Å². The third-order valence-electron chi connectivity index (χ3n) is 2.34. The summed E-state index contributed by atoms with van der Waals surface area (Å²) in [5, 5.41) is 0. The van der Waals surface area contributed by atoms with Gasteiger partial charge in [0.1, 0.15) is 6.61 Å². The third kappa shape index (κ3) is 3.63. The molecule has 0 spiro atoms. The zero-order valence-electron chi connectivity index (χ0n) is 9.37. The predicted octanol–water partition coefficient (Wildman–Crippen LogP) is 2.82. The van der Waals surface area contributed by atoms with E-state index in [0.29, 0.717) is 17.6 Å². The minimum absolute atomic E-state index is 0.292. The van der Waals surface area contributed by atoms with Gasteiger partial charge in [-0.2, -0.15) is 0 Å². The number of allylic oxidation sites excluding steroid dienone is 1. The van der Waals surface area contributed by atoms with E-state index in [0.717, 1.165) is 30.6 Å². The summed E-state index contributed by atoms with van der Waals surface area (Å²) in [4.78, 5) is 24.0. The maximum absolute atomic E-state index is 11.7. The molecule has 0 aliphatic carbocycles. The highest BCUT2D eigenvalue weighted by Gasteiger charge is 2.29. The van der Waals surface area contributed by atoms with E-state index < -0.39 is 6.09 Å². The number of amides is 2. The molecule has 0 aromatic heterocycles. The molecule has 1 aliphatic rings. The van der Waals surface area contributed by atoms with Crippen LogP contribution in [0.2, 0.25) is 0 Å². The van der Waals surface area contributed by atoms with Gasteiger partial charge in [0.15, 0.2) is 0 Å². The summed E-state index contributed by atoms with van der Waals surface area (Å²) in [5.41, 5.74) is 0. The lowest BCUT2D eigenvalue weighted by Gasteiger charge is -2.09. The van der Waals surface area contributed by atoms with Gasteiger partial charge in [-0.25, -0.2) is 9.69 Å². The molecule has 1 rings (SSSR count). The van der Waals surface area contributed by atoms with Crippen molar-refractivity contribution in [3.8, 4) is 0 Å². The van der Waals surface area contributed by atoms with E-state index in [9.17, 15) is 9.59 Å². The zero-order valence-corrected chi connectivity index (χ0v) is 11.0. The Hall–Kier alpha value is -0.840. The number of hydrogen-bond acceptors (Lipinski definition) is 3. The lowest BCUT2D eigenvalue weighted by molar-refractivity contribution is -0.123. The predicted molar refractivity (Wildman–Crippen MR) is 64.2 cm³/mol. The maximum Gasteiger partial charge on any atom is 0.416 e. The standard InChI is InChI=1S/C11H16BrNO3/c1-2-3-4-5-6-9(12)10(14)13-7-8-16-11(13)15/h6H,2-5,7-8H2,1H3/b9-6-. The van der Waals surface area contributed by atoms with E-state index >= 15 is 0 Å². The fourth-order valence-electron chi connectivity index (χ4n) is 1.42. The largest absolute Gasteiger partial charge is 0.447 e. The Morgan fingerprint density at radius 2 is 2.31 bits per heavy atom. The number of hydrogen-bond donors (Lipinski definition) is 0. The Labute approximate surface area is 104 Å². The molecule has 0 saturated carbocycles. The van der Waals surface area contributed by atoms with Crippen LogP contribution in [0.4, 0.5) is 4.79 Å². The van der Waals surface area contributed by atoms with Crippen molar-refractivity contribution in [1.29, 1.82) is 0 Å². The average molecular weight is 290 g/mol. The fraction of sp³-hybridized carbons (Fsp3) is 0.636. The number of carbonyl (C=O) groups is 2. The molecule has 16 heavy (non-hydrogen) atoms. The number of carbonyl (C=O) groups excluding carboxylic acids is 2. The van der Waals surface area contributed by atoms with Crippen LogP contribution >= 0.6 is 15.9 Å².